The van der Waals surface area contributed by atoms with Crippen molar-refractivity contribution in [2.75, 3.05) is 0 Å². The molecule has 0 radical (unpaired) electrons. The van der Waals surface area contributed by atoms with E-state index < -0.39 is 11.9 Å². The second-order valence-corrected chi connectivity index (χ2v) is 6.25. The van der Waals surface area contributed by atoms with Crippen LogP contribution in [0, 0.1) is 20.8 Å². The van der Waals surface area contributed by atoms with Gasteiger partial charge in [-0.25, -0.2) is 9.50 Å². The molecular formula is C16H13BrF3N3. The Labute approximate surface area is 139 Å². The molecule has 0 aliphatic rings. The number of nitrogens with zero attached hydrogens (tertiary/aromatic N) is 3. The second kappa shape index (κ2) is 5.33. The smallest absolute Gasteiger partial charge is 0.227 e. The summed E-state index contributed by atoms with van der Waals surface area (Å²) in [4.78, 5) is 4.36. The molecule has 0 bridgehead atoms. The highest BCUT2D eigenvalue weighted by Gasteiger charge is 2.35. The van der Waals surface area contributed by atoms with Crippen LogP contribution in [-0.4, -0.2) is 14.6 Å². The summed E-state index contributed by atoms with van der Waals surface area (Å²) < 4.78 is 41.5. The minimum Gasteiger partial charge on any atom is -0.227 e. The first kappa shape index (κ1) is 16.0. The van der Waals surface area contributed by atoms with Crippen molar-refractivity contribution in [3.05, 3.63) is 51.3 Å². The first-order chi connectivity index (χ1) is 10.7. The summed E-state index contributed by atoms with van der Waals surface area (Å²) in [5, 5.41) is 3.93. The van der Waals surface area contributed by atoms with E-state index in [2.05, 4.69) is 26.0 Å². The molecule has 3 aromatic rings. The lowest BCUT2D eigenvalue weighted by atomic mass is 10.0. The van der Waals surface area contributed by atoms with Gasteiger partial charge in [-0.3, -0.25) is 0 Å². The van der Waals surface area contributed by atoms with Crippen molar-refractivity contribution in [1.82, 2.24) is 14.6 Å². The molecule has 3 rings (SSSR count). The number of aryl methyl sites for hydroxylation is 3. The second-order valence-electron chi connectivity index (χ2n) is 5.46. The molecule has 0 atom stereocenters. The van der Waals surface area contributed by atoms with Gasteiger partial charge in [0.25, 0.3) is 0 Å². The third-order valence-electron chi connectivity index (χ3n) is 3.79. The van der Waals surface area contributed by atoms with Crippen LogP contribution >= 0.6 is 15.9 Å². The van der Waals surface area contributed by atoms with E-state index >= 15 is 0 Å². The molecule has 0 aliphatic heterocycles. The van der Waals surface area contributed by atoms with Gasteiger partial charge in [-0.05, 0) is 60.0 Å². The van der Waals surface area contributed by atoms with E-state index in [-0.39, 0.29) is 11.3 Å². The van der Waals surface area contributed by atoms with Gasteiger partial charge >= 0.3 is 6.18 Å². The van der Waals surface area contributed by atoms with Crippen molar-refractivity contribution >= 4 is 21.6 Å². The van der Waals surface area contributed by atoms with Crippen LogP contribution in [0.3, 0.4) is 0 Å². The van der Waals surface area contributed by atoms with Gasteiger partial charge in [-0.15, -0.1) is 0 Å². The van der Waals surface area contributed by atoms with E-state index in [1.165, 1.54) is 0 Å². The largest absolute Gasteiger partial charge is 0.433 e. The SMILES string of the molecule is Cc1ccc(-c2cc(C(F)(F)F)n3nc(C)c(Br)c3n2)cc1C. The Balaban J connectivity index is 2.34. The molecule has 7 heteroatoms. The topological polar surface area (TPSA) is 30.2 Å². The third-order valence-corrected chi connectivity index (χ3v) is 4.71. The fraction of sp³-hybridized carbons (Fsp3) is 0.250. The van der Waals surface area contributed by atoms with Crippen LogP contribution < -0.4 is 0 Å². The molecule has 23 heavy (non-hydrogen) atoms. The minimum absolute atomic E-state index is 0.158. The van der Waals surface area contributed by atoms with Gasteiger partial charge in [0.2, 0.25) is 0 Å². The molecule has 0 saturated heterocycles. The monoisotopic (exact) mass is 383 g/mol. The highest BCUT2D eigenvalue weighted by Crippen LogP contribution is 2.34. The first-order valence-electron chi connectivity index (χ1n) is 6.89. The fourth-order valence-electron chi connectivity index (χ4n) is 2.35. The van der Waals surface area contributed by atoms with E-state index in [0.29, 0.717) is 15.7 Å². The van der Waals surface area contributed by atoms with Crippen molar-refractivity contribution in [2.45, 2.75) is 26.9 Å². The van der Waals surface area contributed by atoms with Crippen LogP contribution in [0.15, 0.2) is 28.7 Å². The number of alkyl halides is 3. The summed E-state index contributed by atoms with van der Waals surface area (Å²) >= 11 is 3.27. The Morgan fingerprint density at radius 1 is 1.04 bits per heavy atom. The summed E-state index contributed by atoms with van der Waals surface area (Å²) in [6, 6.07) is 6.53. The summed E-state index contributed by atoms with van der Waals surface area (Å²) in [6.45, 7) is 5.50. The average Bonchev–Trinajstić information content (AvgIpc) is 2.75. The van der Waals surface area contributed by atoms with E-state index in [4.69, 9.17) is 0 Å². The van der Waals surface area contributed by atoms with Gasteiger partial charge in [-0.1, -0.05) is 12.1 Å². The van der Waals surface area contributed by atoms with Crippen molar-refractivity contribution in [3.63, 3.8) is 0 Å². The van der Waals surface area contributed by atoms with E-state index in [0.717, 1.165) is 21.7 Å². The Hall–Kier alpha value is -1.89. The van der Waals surface area contributed by atoms with Gasteiger partial charge in [0.05, 0.1) is 15.9 Å². The summed E-state index contributed by atoms with van der Waals surface area (Å²) in [6.07, 6.45) is -4.52. The maximum Gasteiger partial charge on any atom is 0.433 e. The molecule has 0 N–H and O–H groups in total. The van der Waals surface area contributed by atoms with Crippen molar-refractivity contribution in [1.29, 1.82) is 0 Å². The number of hydrogen-bond donors (Lipinski definition) is 0. The Morgan fingerprint density at radius 2 is 1.74 bits per heavy atom. The number of hydrogen-bond acceptors (Lipinski definition) is 2. The molecule has 1 aromatic carbocycles. The number of fused-ring (bicyclic) bond motifs is 1. The molecule has 2 aromatic heterocycles. The summed E-state index contributed by atoms with van der Waals surface area (Å²) in [7, 11) is 0. The van der Waals surface area contributed by atoms with Gasteiger partial charge in [0, 0.05) is 5.56 Å². The van der Waals surface area contributed by atoms with Gasteiger partial charge in [0.1, 0.15) is 0 Å². The summed E-state index contributed by atoms with van der Waals surface area (Å²) in [5.74, 6) is 0. The van der Waals surface area contributed by atoms with Crippen LogP contribution in [0.25, 0.3) is 16.9 Å². The molecular weight excluding hydrogens is 371 g/mol. The highest BCUT2D eigenvalue weighted by molar-refractivity contribution is 9.10. The first-order valence-corrected chi connectivity index (χ1v) is 7.68. The Morgan fingerprint density at radius 3 is 2.35 bits per heavy atom. The van der Waals surface area contributed by atoms with Crippen molar-refractivity contribution in [3.8, 4) is 11.3 Å². The Kier molecular flexibility index (Phi) is 3.71. The van der Waals surface area contributed by atoms with Crippen molar-refractivity contribution in [2.24, 2.45) is 0 Å². The predicted octanol–water partition coefficient (Wildman–Crippen LogP) is 5.10. The lowest BCUT2D eigenvalue weighted by Crippen LogP contribution is -2.13. The molecule has 0 aliphatic carbocycles. The number of aromatic nitrogens is 3. The third kappa shape index (κ3) is 2.73. The van der Waals surface area contributed by atoms with Crippen LogP contribution in [0.5, 0.6) is 0 Å². The predicted molar refractivity (Wildman–Crippen MR) is 85.3 cm³/mol. The van der Waals surface area contributed by atoms with Crippen molar-refractivity contribution < 1.29 is 13.2 Å². The standard InChI is InChI=1S/C16H13BrF3N3/c1-8-4-5-11(6-9(8)2)12-7-13(16(18,19)20)23-15(21-12)14(17)10(3)22-23/h4-7H,1-3H3. The zero-order valence-corrected chi connectivity index (χ0v) is 14.2. The average molecular weight is 384 g/mol. The normalized spacial score (nSPS) is 12.1. The number of benzene rings is 1. The van der Waals surface area contributed by atoms with Gasteiger partial charge in [0.15, 0.2) is 11.3 Å². The molecule has 0 spiro atoms. The van der Waals surface area contributed by atoms with Crippen LogP contribution in [0.2, 0.25) is 0 Å². The zero-order chi connectivity index (χ0) is 16.9. The van der Waals surface area contributed by atoms with E-state index in [1.54, 1.807) is 13.0 Å². The Bertz CT molecular complexity index is 913. The molecule has 0 unspecified atom stereocenters. The van der Waals surface area contributed by atoms with Crippen LogP contribution in [0.4, 0.5) is 13.2 Å². The fourth-order valence-corrected chi connectivity index (χ4v) is 2.68. The number of halogens is 4. The molecule has 0 amide bonds. The minimum atomic E-state index is -4.52. The van der Waals surface area contributed by atoms with Gasteiger partial charge in [-0.2, -0.15) is 18.3 Å². The van der Waals surface area contributed by atoms with Crippen LogP contribution in [-0.2, 0) is 6.18 Å². The summed E-state index contributed by atoms with van der Waals surface area (Å²) in [5.41, 5.74) is 2.77. The maximum absolute atomic E-state index is 13.4. The maximum atomic E-state index is 13.4. The zero-order valence-electron chi connectivity index (χ0n) is 12.7. The lowest BCUT2D eigenvalue weighted by molar-refractivity contribution is -0.142. The lowest BCUT2D eigenvalue weighted by Gasteiger charge is -2.12. The number of rotatable bonds is 1. The highest BCUT2D eigenvalue weighted by atomic mass is 79.9. The van der Waals surface area contributed by atoms with E-state index in [9.17, 15) is 13.2 Å². The molecule has 120 valence electrons. The molecule has 2 heterocycles. The molecule has 0 saturated carbocycles. The van der Waals surface area contributed by atoms with Crippen LogP contribution in [0.1, 0.15) is 22.5 Å². The van der Waals surface area contributed by atoms with E-state index in [1.807, 2.05) is 26.0 Å². The molecule has 0 fully saturated rings. The van der Waals surface area contributed by atoms with Gasteiger partial charge < -0.3 is 0 Å². The quantitative estimate of drug-likeness (QED) is 0.584. The molecule has 3 nitrogen and oxygen atoms in total.